The Bertz CT molecular complexity index is 170. The summed E-state index contributed by atoms with van der Waals surface area (Å²) in [6, 6.07) is 0.552. The van der Waals surface area contributed by atoms with E-state index >= 15 is 0 Å². The minimum Gasteiger partial charge on any atom is -0.369 e. The predicted octanol–water partition coefficient (Wildman–Crippen LogP) is 0.592. The number of likely N-dealkylation sites (tertiary alicyclic amines) is 1. The monoisotopic (exact) mass is 170 g/mol. The van der Waals surface area contributed by atoms with Crippen molar-refractivity contribution in [2.75, 3.05) is 13.6 Å². The van der Waals surface area contributed by atoms with E-state index in [9.17, 15) is 4.79 Å². The molecule has 0 bridgehead atoms. The molecule has 3 nitrogen and oxygen atoms in total. The Kier molecular flexibility index (Phi) is 3.09. The number of hydrogen-bond donors (Lipinski definition) is 1. The third kappa shape index (κ3) is 1.97. The molecule has 1 rings (SSSR count). The lowest BCUT2D eigenvalue weighted by molar-refractivity contribution is -0.123. The molecule has 1 heterocycles. The van der Waals surface area contributed by atoms with Crippen LogP contribution in [-0.4, -0.2) is 30.4 Å². The van der Waals surface area contributed by atoms with E-state index in [2.05, 4.69) is 18.9 Å². The predicted molar refractivity (Wildman–Crippen MR) is 48.6 cm³/mol. The molecule has 0 aliphatic carbocycles. The first-order valence-electron chi connectivity index (χ1n) is 4.64. The number of piperidine rings is 1. The quantitative estimate of drug-likeness (QED) is 0.659. The number of nitrogens with two attached hydrogens (primary N) is 1. The number of carbonyl (C=O) groups is 1. The van der Waals surface area contributed by atoms with Gasteiger partial charge in [-0.05, 0) is 32.9 Å². The molecule has 0 radical (unpaired) electrons. The minimum absolute atomic E-state index is 0.117. The molecule has 1 fully saturated rings. The maximum Gasteiger partial charge on any atom is 0.220 e. The van der Waals surface area contributed by atoms with Crippen LogP contribution in [-0.2, 0) is 4.79 Å². The molecule has 0 aromatic heterocycles. The zero-order valence-electron chi connectivity index (χ0n) is 7.92. The first-order chi connectivity index (χ1) is 5.65. The highest BCUT2D eigenvalue weighted by molar-refractivity contribution is 5.76. The fourth-order valence-electron chi connectivity index (χ4n) is 1.91. The van der Waals surface area contributed by atoms with Gasteiger partial charge >= 0.3 is 0 Å². The summed E-state index contributed by atoms with van der Waals surface area (Å²) < 4.78 is 0. The summed E-state index contributed by atoms with van der Waals surface area (Å²) in [6.45, 7) is 3.16. The fraction of sp³-hybridized carbons (Fsp3) is 0.889. The fourth-order valence-corrected chi connectivity index (χ4v) is 1.91. The topological polar surface area (TPSA) is 46.3 Å². The number of nitrogens with zero attached hydrogens (tertiary/aromatic N) is 1. The second-order valence-electron chi connectivity index (χ2n) is 3.67. The van der Waals surface area contributed by atoms with Gasteiger partial charge in [0.15, 0.2) is 0 Å². The third-order valence-electron chi connectivity index (χ3n) is 2.88. The third-order valence-corrected chi connectivity index (χ3v) is 2.88. The molecular formula is C9H18N2O. The number of hydrogen-bond acceptors (Lipinski definition) is 2. The van der Waals surface area contributed by atoms with Gasteiger partial charge in [0.25, 0.3) is 0 Å². The van der Waals surface area contributed by atoms with E-state index in [4.69, 9.17) is 5.73 Å². The Labute approximate surface area is 73.9 Å². The van der Waals surface area contributed by atoms with E-state index in [0.29, 0.717) is 6.04 Å². The summed E-state index contributed by atoms with van der Waals surface area (Å²) >= 11 is 0. The summed E-state index contributed by atoms with van der Waals surface area (Å²) in [5.41, 5.74) is 5.27. The molecule has 0 spiro atoms. The van der Waals surface area contributed by atoms with Crippen molar-refractivity contribution in [3.8, 4) is 0 Å². The van der Waals surface area contributed by atoms with Crippen molar-refractivity contribution in [1.82, 2.24) is 4.90 Å². The molecule has 3 heteroatoms. The standard InChI is InChI=1S/C9H18N2O/c1-3-8-6-7(9(10)12)4-5-11(8)2/h7-8H,3-6H2,1-2H3,(H2,10,12). The van der Waals surface area contributed by atoms with Crippen LogP contribution in [0.1, 0.15) is 26.2 Å². The lowest BCUT2D eigenvalue weighted by atomic mass is 9.89. The van der Waals surface area contributed by atoms with Crippen LogP contribution in [0.2, 0.25) is 0 Å². The Morgan fingerprint density at radius 2 is 2.33 bits per heavy atom. The van der Waals surface area contributed by atoms with Crippen molar-refractivity contribution in [2.24, 2.45) is 11.7 Å². The second-order valence-corrected chi connectivity index (χ2v) is 3.67. The smallest absolute Gasteiger partial charge is 0.220 e. The maximum atomic E-state index is 10.9. The normalized spacial score (nSPS) is 31.8. The van der Waals surface area contributed by atoms with Gasteiger partial charge in [0.05, 0.1) is 0 Å². The molecular weight excluding hydrogens is 152 g/mol. The molecule has 1 aliphatic heterocycles. The lowest BCUT2D eigenvalue weighted by Crippen LogP contribution is -2.43. The van der Waals surface area contributed by atoms with E-state index < -0.39 is 0 Å². The van der Waals surface area contributed by atoms with Gasteiger partial charge in [-0.15, -0.1) is 0 Å². The molecule has 0 aromatic carbocycles. The molecule has 1 saturated heterocycles. The highest BCUT2D eigenvalue weighted by Gasteiger charge is 2.27. The van der Waals surface area contributed by atoms with Gasteiger partial charge in [0.2, 0.25) is 5.91 Å². The van der Waals surface area contributed by atoms with E-state index in [-0.39, 0.29) is 11.8 Å². The number of carbonyl (C=O) groups excluding carboxylic acids is 1. The van der Waals surface area contributed by atoms with Gasteiger partial charge in [0.1, 0.15) is 0 Å². The Morgan fingerprint density at radius 3 is 2.83 bits per heavy atom. The van der Waals surface area contributed by atoms with Gasteiger partial charge in [-0.2, -0.15) is 0 Å². The van der Waals surface area contributed by atoms with E-state index in [1.807, 2.05) is 0 Å². The summed E-state index contributed by atoms with van der Waals surface area (Å²) in [5, 5.41) is 0. The van der Waals surface area contributed by atoms with E-state index in [1.54, 1.807) is 0 Å². The van der Waals surface area contributed by atoms with Gasteiger partial charge in [0, 0.05) is 12.0 Å². The van der Waals surface area contributed by atoms with E-state index in [1.165, 1.54) is 0 Å². The number of rotatable bonds is 2. The van der Waals surface area contributed by atoms with Crippen LogP contribution in [0.4, 0.5) is 0 Å². The summed E-state index contributed by atoms with van der Waals surface area (Å²) in [7, 11) is 2.12. The van der Waals surface area contributed by atoms with Gasteiger partial charge in [-0.25, -0.2) is 0 Å². The SMILES string of the molecule is CCC1CC(C(N)=O)CCN1C. The summed E-state index contributed by atoms with van der Waals surface area (Å²) in [5.74, 6) is -0.00676. The zero-order chi connectivity index (χ0) is 9.14. The molecule has 70 valence electrons. The van der Waals surface area contributed by atoms with Crippen molar-refractivity contribution in [3.63, 3.8) is 0 Å². The zero-order valence-corrected chi connectivity index (χ0v) is 7.92. The number of amides is 1. The average molecular weight is 170 g/mol. The molecule has 1 amide bonds. The average Bonchev–Trinajstić information content (AvgIpc) is 2.05. The summed E-state index contributed by atoms with van der Waals surface area (Å²) in [6.07, 6.45) is 2.99. The highest BCUT2D eigenvalue weighted by Crippen LogP contribution is 2.22. The molecule has 1 aliphatic rings. The van der Waals surface area contributed by atoms with Crippen LogP contribution in [0, 0.1) is 5.92 Å². The van der Waals surface area contributed by atoms with Gasteiger partial charge < -0.3 is 10.6 Å². The molecule has 2 atom stereocenters. The number of primary amides is 1. The second kappa shape index (κ2) is 3.90. The van der Waals surface area contributed by atoms with Crippen LogP contribution in [0.15, 0.2) is 0 Å². The maximum absolute atomic E-state index is 10.9. The molecule has 12 heavy (non-hydrogen) atoms. The highest BCUT2D eigenvalue weighted by atomic mass is 16.1. The first-order valence-corrected chi connectivity index (χ1v) is 4.64. The van der Waals surface area contributed by atoms with Crippen LogP contribution in [0.25, 0.3) is 0 Å². The van der Waals surface area contributed by atoms with Crippen molar-refractivity contribution < 1.29 is 4.79 Å². The van der Waals surface area contributed by atoms with Gasteiger partial charge in [-0.1, -0.05) is 6.92 Å². The molecule has 0 aromatic rings. The molecule has 2 N–H and O–H groups in total. The van der Waals surface area contributed by atoms with Crippen molar-refractivity contribution in [2.45, 2.75) is 32.2 Å². The van der Waals surface area contributed by atoms with Crippen LogP contribution >= 0.6 is 0 Å². The van der Waals surface area contributed by atoms with Crippen LogP contribution < -0.4 is 5.73 Å². The van der Waals surface area contributed by atoms with Crippen LogP contribution in [0.5, 0.6) is 0 Å². The van der Waals surface area contributed by atoms with Crippen LogP contribution in [0.3, 0.4) is 0 Å². The molecule has 2 unspecified atom stereocenters. The first kappa shape index (κ1) is 9.52. The largest absolute Gasteiger partial charge is 0.369 e. The lowest BCUT2D eigenvalue weighted by Gasteiger charge is -2.35. The van der Waals surface area contributed by atoms with Gasteiger partial charge in [-0.3, -0.25) is 4.79 Å². The Balaban J connectivity index is 2.49. The van der Waals surface area contributed by atoms with Crippen molar-refractivity contribution >= 4 is 5.91 Å². The summed E-state index contributed by atoms with van der Waals surface area (Å²) in [4.78, 5) is 13.2. The minimum atomic E-state index is -0.124. The van der Waals surface area contributed by atoms with E-state index in [0.717, 1.165) is 25.8 Å². The molecule has 0 saturated carbocycles. The van der Waals surface area contributed by atoms with Crippen molar-refractivity contribution in [3.05, 3.63) is 0 Å². The Hall–Kier alpha value is -0.570. The Morgan fingerprint density at radius 1 is 1.67 bits per heavy atom. The van der Waals surface area contributed by atoms with Crippen molar-refractivity contribution in [1.29, 1.82) is 0 Å².